The number of hydrogen-bond donors (Lipinski definition) is 1. The average molecular weight is 149 g/mol. The molecule has 0 aliphatic rings. The van der Waals surface area contributed by atoms with Crippen LogP contribution in [-0.4, -0.2) is 22.9 Å². The van der Waals surface area contributed by atoms with Gasteiger partial charge in [0.25, 0.3) is 0 Å². The first-order valence-electron chi connectivity index (χ1n) is 2.60. The highest BCUT2D eigenvalue weighted by Crippen LogP contribution is 1.95. The van der Waals surface area contributed by atoms with Crippen molar-refractivity contribution in [3.8, 4) is 0 Å². The summed E-state index contributed by atoms with van der Waals surface area (Å²) in [6, 6.07) is 0. The molecule has 0 aliphatic carbocycles. The van der Waals surface area contributed by atoms with Crippen LogP contribution >= 0.6 is 11.6 Å². The molecule has 0 amide bonds. The second-order valence-electron chi connectivity index (χ2n) is 1.68. The zero-order chi connectivity index (χ0) is 7.28. The predicted molar refractivity (Wildman–Crippen MR) is 36.5 cm³/mol. The summed E-state index contributed by atoms with van der Waals surface area (Å²) in [4.78, 5) is 10.4. The van der Waals surface area contributed by atoms with Crippen molar-refractivity contribution in [2.45, 2.75) is 12.5 Å². The first-order valence-corrected chi connectivity index (χ1v) is 3.13. The molecule has 0 aromatic rings. The number of allylic oxidation sites excluding steroid dienone is 1. The van der Waals surface area contributed by atoms with E-state index in [-0.39, 0.29) is 18.1 Å². The summed E-state index contributed by atoms with van der Waals surface area (Å²) in [6.07, 6.45) is 0.528. The Kier molecular flexibility index (Phi) is 4.36. The van der Waals surface area contributed by atoms with E-state index in [4.69, 9.17) is 16.7 Å². The van der Waals surface area contributed by atoms with Crippen molar-refractivity contribution in [2.75, 3.05) is 5.88 Å². The molecule has 1 N–H and O–H groups in total. The second-order valence-corrected chi connectivity index (χ2v) is 1.99. The van der Waals surface area contributed by atoms with E-state index in [0.29, 0.717) is 0 Å². The van der Waals surface area contributed by atoms with E-state index in [9.17, 15) is 4.79 Å². The highest BCUT2D eigenvalue weighted by Gasteiger charge is 2.04. The Morgan fingerprint density at radius 3 is 2.78 bits per heavy atom. The SMILES string of the molecule is C=CC(=O)CC(O)CCl. The van der Waals surface area contributed by atoms with Crippen LogP contribution in [0.3, 0.4) is 0 Å². The Balaban J connectivity index is 3.46. The highest BCUT2D eigenvalue weighted by molar-refractivity contribution is 6.18. The van der Waals surface area contributed by atoms with Crippen molar-refractivity contribution in [3.05, 3.63) is 12.7 Å². The largest absolute Gasteiger partial charge is 0.391 e. The molecule has 0 aliphatic heterocycles. The van der Waals surface area contributed by atoms with E-state index >= 15 is 0 Å². The summed E-state index contributed by atoms with van der Waals surface area (Å²) < 4.78 is 0. The van der Waals surface area contributed by atoms with Gasteiger partial charge in [-0.05, 0) is 6.08 Å². The Labute approximate surface area is 59.1 Å². The number of alkyl halides is 1. The molecule has 0 aromatic heterocycles. The molecule has 9 heavy (non-hydrogen) atoms. The molecule has 52 valence electrons. The van der Waals surface area contributed by atoms with Crippen molar-refractivity contribution < 1.29 is 9.90 Å². The van der Waals surface area contributed by atoms with Crippen LogP contribution in [0.25, 0.3) is 0 Å². The molecule has 1 atom stereocenters. The summed E-state index contributed by atoms with van der Waals surface area (Å²) in [7, 11) is 0. The van der Waals surface area contributed by atoms with E-state index < -0.39 is 6.10 Å². The molecule has 0 bridgehead atoms. The number of halogens is 1. The van der Waals surface area contributed by atoms with Gasteiger partial charge in [0.05, 0.1) is 6.10 Å². The van der Waals surface area contributed by atoms with Crippen molar-refractivity contribution in [2.24, 2.45) is 0 Å². The van der Waals surface area contributed by atoms with E-state index in [0.717, 1.165) is 0 Å². The fraction of sp³-hybridized carbons (Fsp3) is 0.500. The van der Waals surface area contributed by atoms with Gasteiger partial charge in [0.2, 0.25) is 0 Å². The molecule has 0 saturated heterocycles. The summed E-state index contributed by atoms with van der Waals surface area (Å²) in [5, 5.41) is 8.76. The van der Waals surface area contributed by atoms with Crippen LogP contribution in [0.2, 0.25) is 0 Å². The van der Waals surface area contributed by atoms with Crippen molar-refractivity contribution in [1.29, 1.82) is 0 Å². The standard InChI is InChI=1S/C6H9ClO2/c1-2-5(8)3-6(9)4-7/h2,6,9H,1,3-4H2. The molecule has 3 heteroatoms. The summed E-state index contributed by atoms with van der Waals surface area (Å²) in [6.45, 7) is 3.24. The molecule has 0 fully saturated rings. The predicted octanol–water partition coefficient (Wildman–Crippen LogP) is 0.731. The summed E-state index contributed by atoms with van der Waals surface area (Å²) in [5.41, 5.74) is 0. The van der Waals surface area contributed by atoms with E-state index in [1.165, 1.54) is 6.08 Å². The third kappa shape index (κ3) is 4.18. The van der Waals surface area contributed by atoms with Gasteiger partial charge in [0.1, 0.15) is 0 Å². The van der Waals surface area contributed by atoms with Gasteiger partial charge in [-0.25, -0.2) is 0 Å². The molecule has 0 radical (unpaired) electrons. The van der Waals surface area contributed by atoms with E-state index in [1.807, 2.05) is 0 Å². The Morgan fingerprint density at radius 1 is 1.89 bits per heavy atom. The Hall–Kier alpha value is -0.340. The van der Waals surface area contributed by atoms with E-state index in [2.05, 4.69) is 6.58 Å². The van der Waals surface area contributed by atoms with Crippen LogP contribution in [0.15, 0.2) is 12.7 Å². The number of rotatable bonds is 4. The lowest BCUT2D eigenvalue weighted by Gasteiger charge is -2.00. The number of carbonyl (C=O) groups excluding carboxylic acids is 1. The normalized spacial score (nSPS) is 12.7. The van der Waals surface area contributed by atoms with Crippen LogP contribution in [-0.2, 0) is 4.79 Å². The van der Waals surface area contributed by atoms with Crippen LogP contribution in [0.1, 0.15) is 6.42 Å². The molecule has 2 nitrogen and oxygen atoms in total. The van der Waals surface area contributed by atoms with Crippen LogP contribution in [0.5, 0.6) is 0 Å². The number of aliphatic hydroxyl groups is 1. The minimum absolute atomic E-state index is 0.0764. The monoisotopic (exact) mass is 148 g/mol. The second kappa shape index (κ2) is 4.53. The maximum atomic E-state index is 10.4. The minimum Gasteiger partial charge on any atom is -0.391 e. The molecular weight excluding hydrogens is 140 g/mol. The first kappa shape index (κ1) is 8.66. The maximum Gasteiger partial charge on any atom is 0.157 e. The van der Waals surface area contributed by atoms with Gasteiger partial charge in [0, 0.05) is 12.3 Å². The lowest BCUT2D eigenvalue weighted by atomic mass is 10.2. The molecule has 0 heterocycles. The Bertz CT molecular complexity index is 112. The lowest BCUT2D eigenvalue weighted by molar-refractivity contribution is -0.116. The number of ketones is 1. The molecular formula is C6H9ClO2. The van der Waals surface area contributed by atoms with Crippen LogP contribution in [0, 0.1) is 0 Å². The van der Waals surface area contributed by atoms with Crippen molar-refractivity contribution in [3.63, 3.8) is 0 Å². The van der Waals surface area contributed by atoms with Crippen molar-refractivity contribution >= 4 is 17.4 Å². The topological polar surface area (TPSA) is 37.3 Å². The zero-order valence-electron chi connectivity index (χ0n) is 5.01. The summed E-state index contributed by atoms with van der Waals surface area (Å²) >= 11 is 5.22. The third-order valence-electron chi connectivity index (χ3n) is 0.843. The Morgan fingerprint density at radius 2 is 2.44 bits per heavy atom. The fourth-order valence-corrected chi connectivity index (χ4v) is 0.479. The maximum absolute atomic E-state index is 10.4. The van der Waals surface area contributed by atoms with Gasteiger partial charge in [-0.2, -0.15) is 0 Å². The third-order valence-corrected chi connectivity index (χ3v) is 1.20. The fourth-order valence-electron chi connectivity index (χ4n) is 0.370. The van der Waals surface area contributed by atoms with Gasteiger partial charge >= 0.3 is 0 Å². The minimum atomic E-state index is -0.725. The van der Waals surface area contributed by atoms with E-state index in [1.54, 1.807) is 0 Å². The van der Waals surface area contributed by atoms with Gasteiger partial charge in [0.15, 0.2) is 5.78 Å². The van der Waals surface area contributed by atoms with Gasteiger partial charge in [-0.1, -0.05) is 6.58 Å². The van der Waals surface area contributed by atoms with Crippen LogP contribution in [0.4, 0.5) is 0 Å². The number of hydrogen-bond acceptors (Lipinski definition) is 2. The molecule has 0 rings (SSSR count). The smallest absolute Gasteiger partial charge is 0.157 e. The quantitative estimate of drug-likeness (QED) is 0.472. The highest BCUT2D eigenvalue weighted by atomic mass is 35.5. The first-order chi connectivity index (χ1) is 4.20. The zero-order valence-corrected chi connectivity index (χ0v) is 5.77. The summed E-state index contributed by atoms with van der Waals surface area (Å²) in [5.74, 6) is -0.0808. The van der Waals surface area contributed by atoms with Crippen LogP contribution < -0.4 is 0 Å². The molecule has 0 spiro atoms. The average Bonchev–Trinajstić information content (AvgIpc) is 1.87. The van der Waals surface area contributed by atoms with Gasteiger partial charge in [-0.3, -0.25) is 4.79 Å². The van der Waals surface area contributed by atoms with Gasteiger partial charge < -0.3 is 5.11 Å². The number of aliphatic hydroxyl groups excluding tert-OH is 1. The molecule has 0 saturated carbocycles. The number of carbonyl (C=O) groups is 1. The van der Waals surface area contributed by atoms with Crippen molar-refractivity contribution in [1.82, 2.24) is 0 Å². The molecule has 0 aromatic carbocycles. The van der Waals surface area contributed by atoms with Gasteiger partial charge in [-0.15, -0.1) is 11.6 Å². The molecule has 1 unspecified atom stereocenters. The lowest BCUT2D eigenvalue weighted by Crippen LogP contribution is -2.12.